The maximum absolute atomic E-state index is 6.03. The molecule has 0 bridgehead atoms. The Balaban J connectivity index is 1.94. The fourth-order valence-corrected chi connectivity index (χ4v) is 2.68. The number of nitrogens with zero attached hydrogens (tertiary/aromatic N) is 4. The average Bonchev–Trinajstić information content (AvgIpc) is 2.99. The van der Waals surface area contributed by atoms with E-state index in [4.69, 9.17) is 11.6 Å². The molecule has 3 aromatic rings. The largest absolute Gasteiger partial charge is 0.327 e. The third-order valence-electron chi connectivity index (χ3n) is 3.48. The molecule has 0 saturated carbocycles. The second kappa shape index (κ2) is 5.29. The zero-order valence-corrected chi connectivity index (χ0v) is 12.4. The van der Waals surface area contributed by atoms with E-state index < -0.39 is 0 Å². The van der Waals surface area contributed by atoms with Crippen molar-refractivity contribution in [3.63, 3.8) is 0 Å². The van der Waals surface area contributed by atoms with E-state index in [1.54, 1.807) is 0 Å². The lowest BCUT2D eigenvalue weighted by Crippen LogP contribution is -2.05. The van der Waals surface area contributed by atoms with Crippen molar-refractivity contribution in [2.45, 2.75) is 25.8 Å². The van der Waals surface area contributed by atoms with E-state index in [0.29, 0.717) is 5.88 Å². The van der Waals surface area contributed by atoms with Gasteiger partial charge in [-0.2, -0.15) is 5.10 Å². The maximum atomic E-state index is 6.03. The number of imidazole rings is 1. The summed E-state index contributed by atoms with van der Waals surface area (Å²) in [6.45, 7) is 2.96. The van der Waals surface area contributed by atoms with Gasteiger partial charge in [0.2, 0.25) is 0 Å². The van der Waals surface area contributed by atoms with Crippen LogP contribution in [0.4, 0.5) is 0 Å². The Kier molecular flexibility index (Phi) is 3.49. The van der Waals surface area contributed by atoms with Crippen LogP contribution in [0.25, 0.3) is 11.0 Å². The molecule has 0 aliphatic heterocycles. The van der Waals surface area contributed by atoms with Gasteiger partial charge >= 0.3 is 0 Å². The summed E-state index contributed by atoms with van der Waals surface area (Å²) in [6, 6.07) is 6.31. The molecule has 2 heterocycles. The summed E-state index contributed by atoms with van der Waals surface area (Å²) in [6.07, 6.45) is 4.88. The standard InChI is InChI=1S/C15H17ClN4/c1-11-3-4-13-14(7-11)20(15(8-16)18-13)6-5-12-9-17-19(2)10-12/h3-4,7,9-10H,5-6,8H2,1-2H3. The molecule has 0 amide bonds. The lowest BCUT2D eigenvalue weighted by Gasteiger charge is -2.07. The normalized spacial score (nSPS) is 11.3. The number of hydrogen-bond acceptors (Lipinski definition) is 2. The van der Waals surface area contributed by atoms with Gasteiger partial charge in [0.15, 0.2) is 0 Å². The predicted octanol–water partition coefficient (Wildman–Crippen LogP) is 3.06. The van der Waals surface area contributed by atoms with Gasteiger partial charge in [0, 0.05) is 19.8 Å². The number of aromatic nitrogens is 4. The molecule has 0 spiro atoms. The van der Waals surface area contributed by atoms with Gasteiger partial charge in [-0.05, 0) is 36.6 Å². The number of fused-ring (bicyclic) bond motifs is 1. The van der Waals surface area contributed by atoms with Crippen LogP contribution in [0.5, 0.6) is 0 Å². The van der Waals surface area contributed by atoms with Gasteiger partial charge in [0.1, 0.15) is 5.82 Å². The van der Waals surface area contributed by atoms with Crippen LogP contribution in [0.3, 0.4) is 0 Å². The summed E-state index contributed by atoms with van der Waals surface area (Å²) >= 11 is 6.03. The molecule has 0 unspecified atom stereocenters. The van der Waals surface area contributed by atoms with E-state index in [-0.39, 0.29) is 0 Å². The van der Waals surface area contributed by atoms with Crippen molar-refractivity contribution in [2.24, 2.45) is 7.05 Å². The molecule has 0 atom stereocenters. The highest BCUT2D eigenvalue weighted by Gasteiger charge is 2.10. The molecule has 20 heavy (non-hydrogen) atoms. The number of benzene rings is 1. The van der Waals surface area contributed by atoms with Crippen LogP contribution < -0.4 is 0 Å². The van der Waals surface area contributed by atoms with Crippen LogP contribution in [0.2, 0.25) is 0 Å². The zero-order valence-electron chi connectivity index (χ0n) is 11.7. The number of rotatable bonds is 4. The quantitative estimate of drug-likeness (QED) is 0.692. The van der Waals surface area contributed by atoms with Crippen LogP contribution in [-0.2, 0) is 25.9 Å². The summed E-state index contributed by atoms with van der Waals surface area (Å²) in [5.41, 5.74) is 4.63. The summed E-state index contributed by atoms with van der Waals surface area (Å²) in [5.74, 6) is 1.36. The van der Waals surface area contributed by atoms with Gasteiger partial charge in [0.25, 0.3) is 0 Å². The third kappa shape index (κ3) is 2.43. The molecule has 0 radical (unpaired) electrons. The highest BCUT2D eigenvalue weighted by atomic mass is 35.5. The van der Waals surface area contributed by atoms with Crippen LogP contribution in [0, 0.1) is 6.92 Å². The van der Waals surface area contributed by atoms with Gasteiger partial charge < -0.3 is 4.57 Å². The minimum Gasteiger partial charge on any atom is -0.327 e. The van der Waals surface area contributed by atoms with E-state index in [0.717, 1.165) is 29.8 Å². The van der Waals surface area contributed by atoms with Crippen molar-refractivity contribution >= 4 is 22.6 Å². The van der Waals surface area contributed by atoms with Gasteiger partial charge in [-0.3, -0.25) is 4.68 Å². The van der Waals surface area contributed by atoms with Gasteiger partial charge in [-0.25, -0.2) is 4.98 Å². The number of halogens is 1. The Morgan fingerprint density at radius 1 is 1.30 bits per heavy atom. The molecular formula is C15H17ClN4. The highest BCUT2D eigenvalue weighted by molar-refractivity contribution is 6.16. The lowest BCUT2D eigenvalue weighted by atomic mass is 10.2. The first-order valence-electron chi connectivity index (χ1n) is 6.66. The third-order valence-corrected chi connectivity index (χ3v) is 3.72. The molecule has 3 rings (SSSR count). The molecule has 0 aliphatic carbocycles. The summed E-state index contributed by atoms with van der Waals surface area (Å²) in [5, 5.41) is 4.20. The first-order valence-corrected chi connectivity index (χ1v) is 7.20. The summed E-state index contributed by atoms with van der Waals surface area (Å²) in [4.78, 5) is 4.60. The van der Waals surface area contributed by atoms with Crippen molar-refractivity contribution < 1.29 is 0 Å². The number of alkyl halides is 1. The molecule has 5 heteroatoms. The molecule has 104 valence electrons. The SMILES string of the molecule is Cc1ccc2nc(CCl)n(CCc3cnn(C)c3)c2c1. The van der Waals surface area contributed by atoms with E-state index in [1.165, 1.54) is 11.1 Å². The molecule has 0 N–H and O–H groups in total. The number of aryl methyl sites for hydroxylation is 4. The Morgan fingerprint density at radius 3 is 2.85 bits per heavy atom. The van der Waals surface area contributed by atoms with Crippen molar-refractivity contribution in [2.75, 3.05) is 0 Å². The Morgan fingerprint density at radius 2 is 2.15 bits per heavy atom. The molecule has 0 fully saturated rings. The fourth-order valence-electron chi connectivity index (χ4n) is 2.48. The second-order valence-corrected chi connectivity index (χ2v) is 5.34. The van der Waals surface area contributed by atoms with E-state index in [2.05, 4.69) is 39.8 Å². The average molecular weight is 289 g/mol. The van der Waals surface area contributed by atoms with Crippen LogP contribution in [0.15, 0.2) is 30.6 Å². The monoisotopic (exact) mass is 288 g/mol. The zero-order chi connectivity index (χ0) is 14.1. The molecule has 4 nitrogen and oxygen atoms in total. The minimum absolute atomic E-state index is 0.431. The highest BCUT2D eigenvalue weighted by Crippen LogP contribution is 2.19. The van der Waals surface area contributed by atoms with Crippen LogP contribution in [0.1, 0.15) is 17.0 Å². The smallest absolute Gasteiger partial charge is 0.124 e. The Hall–Kier alpha value is -1.81. The summed E-state index contributed by atoms with van der Waals surface area (Å²) in [7, 11) is 1.93. The Bertz CT molecular complexity index is 741. The molecule has 0 aliphatic rings. The van der Waals surface area contributed by atoms with Crippen LogP contribution in [-0.4, -0.2) is 19.3 Å². The van der Waals surface area contributed by atoms with Crippen LogP contribution >= 0.6 is 11.6 Å². The fraction of sp³-hybridized carbons (Fsp3) is 0.333. The number of hydrogen-bond donors (Lipinski definition) is 0. The molecular weight excluding hydrogens is 272 g/mol. The van der Waals surface area contributed by atoms with Gasteiger partial charge in [-0.1, -0.05) is 6.07 Å². The predicted molar refractivity (Wildman–Crippen MR) is 80.9 cm³/mol. The maximum Gasteiger partial charge on any atom is 0.124 e. The van der Waals surface area contributed by atoms with Gasteiger partial charge in [0.05, 0.1) is 23.1 Å². The van der Waals surface area contributed by atoms with Crippen molar-refractivity contribution in [3.8, 4) is 0 Å². The molecule has 0 saturated heterocycles. The van der Waals surface area contributed by atoms with Gasteiger partial charge in [-0.15, -0.1) is 11.6 Å². The van der Waals surface area contributed by atoms with Crippen molar-refractivity contribution in [3.05, 3.63) is 47.5 Å². The Labute approximate surface area is 123 Å². The minimum atomic E-state index is 0.431. The van der Waals surface area contributed by atoms with E-state index in [1.807, 2.05) is 24.1 Å². The van der Waals surface area contributed by atoms with E-state index in [9.17, 15) is 0 Å². The second-order valence-electron chi connectivity index (χ2n) is 5.08. The lowest BCUT2D eigenvalue weighted by molar-refractivity contribution is 0.687. The van der Waals surface area contributed by atoms with Crippen molar-refractivity contribution in [1.82, 2.24) is 19.3 Å². The topological polar surface area (TPSA) is 35.6 Å². The van der Waals surface area contributed by atoms with Crippen molar-refractivity contribution in [1.29, 1.82) is 0 Å². The molecule has 2 aromatic heterocycles. The van der Waals surface area contributed by atoms with E-state index >= 15 is 0 Å². The first-order chi connectivity index (χ1) is 9.67. The summed E-state index contributed by atoms with van der Waals surface area (Å²) < 4.78 is 4.04. The molecule has 1 aromatic carbocycles. The first kappa shape index (κ1) is 13.2.